The van der Waals surface area contributed by atoms with Gasteiger partial charge in [0.1, 0.15) is 0 Å². The number of rotatable bonds is 2. The van der Waals surface area contributed by atoms with Gasteiger partial charge in [-0.3, -0.25) is 4.79 Å². The number of nitrogens with one attached hydrogen (secondary N) is 1. The highest BCUT2D eigenvalue weighted by Gasteiger charge is 2.03. The van der Waals surface area contributed by atoms with E-state index in [4.69, 9.17) is 11.6 Å². The van der Waals surface area contributed by atoms with Gasteiger partial charge >= 0.3 is 0 Å². The van der Waals surface area contributed by atoms with E-state index in [1.54, 1.807) is 19.1 Å². The number of hydrogen-bond acceptors (Lipinski definition) is 1. The van der Waals surface area contributed by atoms with Gasteiger partial charge in [-0.25, -0.2) is 0 Å². The highest BCUT2D eigenvalue weighted by molar-refractivity contribution is 9.10. The smallest absolute Gasteiger partial charge is 0.224 e. The minimum absolute atomic E-state index is 0.0378. The van der Waals surface area contributed by atoms with Crippen LogP contribution in [0.15, 0.2) is 22.7 Å². The van der Waals surface area contributed by atoms with Crippen LogP contribution in [0.5, 0.6) is 0 Å². The van der Waals surface area contributed by atoms with Crippen LogP contribution in [0.25, 0.3) is 0 Å². The second-order valence-electron chi connectivity index (χ2n) is 2.53. The zero-order chi connectivity index (χ0) is 9.84. The lowest BCUT2D eigenvalue weighted by Crippen LogP contribution is -2.09. The zero-order valence-corrected chi connectivity index (χ0v) is 9.45. The quantitative estimate of drug-likeness (QED) is 0.869. The summed E-state index contributed by atoms with van der Waals surface area (Å²) in [5.41, 5.74) is 0.650. The molecule has 0 heterocycles. The molecule has 1 rings (SSSR count). The van der Waals surface area contributed by atoms with Gasteiger partial charge in [-0.1, -0.05) is 34.5 Å². The van der Waals surface area contributed by atoms with E-state index in [0.717, 1.165) is 4.47 Å². The van der Waals surface area contributed by atoms with Crippen molar-refractivity contribution in [1.82, 2.24) is 0 Å². The Hall–Kier alpha value is -0.540. The van der Waals surface area contributed by atoms with Crippen LogP contribution in [0, 0.1) is 0 Å². The van der Waals surface area contributed by atoms with Crippen molar-refractivity contribution in [2.75, 3.05) is 5.32 Å². The Labute approximate surface area is 90.4 Å². The number of benzene rings is 1. The Morgan fingerprint density at radius 1 is 1.62 bits per heavy atom. The minimum atomic E-state index is -0.0378. The Morgan fingerprint density at radius 2 is 2.31 bits per heavy atom. The molecule has 0 saturated heterocycles. The van der Waals surface area contributed by atoms with Crippen LogP contribution in [0.1, 0.15) is 13.3 Å². The molecular formula is C9H9BrClNO. The molecule has 13 heavy (non-hydrogen) atoms. The van der Waals surface area contributed by atoms with E-state index in [1.807, 2.05) is 6.07 Å². The first-order chi connectivity index (χ1) is 6.13. The molecule has 0 aliphatic heterocycles. The maximum Gasteiger partial charge on any atom is 0.224 e. The first kappa shape index (κ1) is 10.5. The molecule has 1 N–H and O–H groups in total. The van der Waals surface area contributed by atoms with Gasteiger partial charge in [-0.15, -0.1) is 0 Å². The summed E-state index contributed by atoms with van der Waals surface area (Å²) in [4.78, 5) is 11.0. The lowest BCUT2D eigenvalue weighted by molar-refractivity contribution is -0.115. The number of anilines is 1. The fourth-order valence-electron chi connectivity index (χ4n) is 0.829. The van der Waals surface area contributed by atoms with Gasteiger partial charge in [-0.2, -0.15) is 0 Å². The number of hydrogen-bond donors (Lipinski definition) is 1. The van der Waals surface area contributed by atoms with Crippen molar-refractivity contribution >= 4 is 39.1 Å². The molecule has 0 aromatic heterocycles. The average molecular weight is 263 g/mol. The van der Waals surface area contributed by atoms with Crippen LogP contribution in [0.4, 0.5) is 5.69 Å². The highest BCUT2D eigenvalue weighted by atomic mass is 79.9. The molecule has 0 atom stereocenters. The first-order valence-corrected chi connectivity index (χ1v) is 5.05. The van der Waals surface area contributed by atoms with Crippen LogP contribution in [-0.2, 0) is 4.79 Å². The van der Waals surface area contributed by atoms with E-state index in [0.29, 0.717) is 17.1 Å². The van der Waals surface area contributed by atoms with Gasteiger partial charge in [-0.05, 0) is 18.2 Å². The van der Waals surface area contributed by atoms with E-state index in [1.165, 1.54) is 0 Å². The SMILES string of the molecule is CCC(=O)Nc1ccc(Br)cc1Cl. The molecule has 4 heteroatoms. The normalized spacial score (nSPS) is 9.77. The Kier molecular flexibility index (Phi) is 3.75. The van der Waals surface area contributed by atoms with E-state index in [2.05, 4.69) is 21.2 Å². The van der Waals surface area contributed by atoms with Crippen LogP contribution < -0.4 is 5.32 Å². The second-order valence-corrected chi connectivity index (χ2v) is 3.85. The molecule has 0 spiro atoms. The van der Waals surface area contributed by atoms with E-state index >= 15 is 0 Å². The highest BCUT2D eigenvalue weighted by Crippen LogP contribution is 2.25. The van der Waals surface area contributed by atoms with Crippen molar-refractivity contribution < 1.29 is 4.79 Å². The molecular weight excluding hydrogens is 253 g/mol. The van der Waals surface area contributed by atoms with Crippen LogP contribution >= 0.6 is 27.5 Å². The fraction of sp³-hybridized carbons (Fsp3) is 0.222. The molecule has 0 aliphatic carbocycles. The number of halogens is 2. The molecule has 1 aromatic rings. The van der Waals surface area contributed by atoms with Gasteiger partial charge in [0.05, 0.1) is 10.7 Å². The van der Waals surface area contributed by atoms with Crippen molar-refractivity contribution in [2.24, 2.45) is 0 Å². The van der Waals surface area contributed by atoms with Crippen molar-refractivity contribution in [3.8, 4) is 0 Å². The van der Waals surface area contributed by atoms with Gasteiger partial charge < -0.3 is 5.32 Å². The molecule has 1 amide bonds. The van der Waals surface area contributed by atoms with E-state index in [-0.39, 0.29) is 5.91 Å². The molecule has 0 radical (unpaired) electrons. The summed E-state index contributed by atoms with van der Waals surface area (Å²) in [6, 6.07) is 5.34. The lowest BCUT2D eigenvalue weighted by atomic mass is 10.3. The zero-order valence-electron chi connectivity index (χ0n) is 7.10. The molecule has 70 valence electrons. The monoisotopic (exact) mass is 261 g/mol. The Morgan fingerprint density at radius 3 is 2.85 bits per heavy atom. The third kappa shape index (κ3) is 3.01. The van der Waals surface area contributed by atoms with Crippen molar-refractivity contribution in [1.29, 1.82) is 0 Å². The first-order valence-electron chi connectivity index (χ1n) is 3.88. The minimum Gasteiger partial charge on any atom is -0.325 e. The number of carbonyl (C=O) groups excluding carboxylic acids is 1. The Balaban J connectivity index is 2.83. The molecule has 0 saturated carbocycles. The van der Waals surface area contributed by atoms with Gasteiger partial charge in [0.15, 0.2) is 0 Å². The molecule has 0 bridgehead atoms. The summed E-state index contributed by atoms with van der Waals surface area (Å²) in [6.07, 6.45) is 0.451. The summed E-state index contributed by atoms with van der Waals surface area (Å²) in [6.45, 7) is 1.79. The van der Waals surface area contributed by atoms with Crippen molar-refractivity contribution in [3.05, 3.63) is 27.7 Å². The molecule has 0 unspecified atom stereocenters. The summed E-state index contributed by atoms with van der Waals surface area (Å²) in [5, 5.41) is 3.23. The van der Waals surface area contributed by atoms with Crippen molar-refractivity contribution in [2.45, 2.75) is 13.3 Å². The average Bonchev–Trinajstić information content (AvgIpc) is 2.09. The van der Waals surface area contributed by atoms with Gasteiger partial charge in [0.2, 0.25) is 5.91 Å². The number of carbonyl (C=O) groups is 1. The maximum atomic E-state index is 11.0. The topological polar surface area (TPSA) is 29.1 Å². The molecule has 2 nitrogen and oxygen atoms in total. The van der Waals surface area contributed by atoms with Gasteiger partial charge in [0.25, 0.3) is 0 Å². The largest absolute Gasteiger partial charge is 0.325 e. The lowest BCUT2D eigenvalue weighted by Gasteiger charge is -2.05. The summed E-state index contributed by atoms with van der Waals surface area (Å²) in [7, 11) is 0. The summed E-state index contributed by atoms with van der Waals surface area (Å²) >= 11 is 9.17. The maximum absolute atomic E-state index is 11.0. The van der Waals surface area contributed by atoms with E-state index < -0.39 is 0 Å². The van der Waals surface area contributed by atoms with Crippen LogP contribution in [-0.4, -0.2) is 5.91 Å². The predicted molar refractivity (Wildman–Crippen MR) is 58.1 cm³/mol. The van der Waals surface area contributed by atoms with E-state index in [9.17, 15) is 4.79 Å². The van der Waals surface area contributed by atoms with Crippen molar-refractivity contribution in [3.63, 3.8) is 0 Å². The second kappa shape index (κ2) is 4.63. The summed E-state index contributed by atoms with van der Waals surface area (Å²) < 4.78 is 0.895. The molecule has 1 aromatic carbocycles. The van der Waals surface area contributed by atoms with Crippen LogP contribution in [0.2, 0.25) is 5.02 Å². The standard InChI is InChI=1S/C9H9BrClNO/c1-2-9(13)12-8-4-3-6(10)5-7(8)11/h3-5H,2H2,1H3,(H,12,13). The molecule has 0 aliphatic rings. The third-order valence-electron chi connectivity index (χ3n) is 1.53. The third-order valence-corrected chi connectivity index (χ3v) is 2.33. The van der Waals surface area contributed by atoms with Crippen LogP contribution in [0.3, 0.4) is 0 Å². The number of amides is 1. The Bertz CT molecular complexity index is 327. The predicted octanol–water partition coefficient (Wildman–Crippen LogP) is 3.45. The summed E-state index contributed by atoms with van der Waals surface area (Å²) in [5.74, 6) is -0.0378. The fourth-order valence-corrected chi connectivity index (χ4v) is 1.55. The van der Waals surface area contributed by atoms with Gasteiger partial charge in [0, 0.05) is 10.9 Å². The molecule has 0 fully saturated rings.